The molecule has 44 heavy (non-hydrogen) atoms. The molecule has 1 aromatic carbocycles. The van der Waals surface area contributed by atoms with Gasteiger partial charge >= 0.3 is 23.9 Å². The van der Waals surface area contributed by atoms with E-state index in [1.54, 1.807) is 0 Å². The lowest BCUT2D eigenvalue weighted by Gasteiger charge is -2.48. The Morgan fingerprint density at radius 1 is 0.750 bits per heavy atom. The van der Waals surface area contributed by atoms with Crippen LogP contribution in [0.5, 0.6) is 0 Å². The third-order valence-electron chi connectivity index (χ3n) is 6.66. The van der Waals surface area contributed by atoms with Crippen LogP contribution in [-0.4, -0.2) is 103 Å². The van der Waals surface area contributed by atoms with Crippen LogP contribution in [0.2, 0.25) is 0 Å². The summed E-state index contributed by atoms with van der Waals surface area (Å²) < 4.78 is 45.7. The predicted octanol–water partition coefficient (Wildman–Crippen LogP) is 0.282. The number of carbonyl (C=O) groups is 5. The van der Waals surface area contributed by atoms with E-state index in [0.717, 1.165) is 33.3 Å². The van der Waals surface area contributed by atoms with Gasteiger partial charge in [-0.1, -0.05) is 30.3 Å². The predicted molar refractivity (Wildman–Crippen MR) is 146 cm³/mol. The molecule has 0 saturated carbocycles. The summed E-state index contributed by atoms with van der Waals surface area (Å²) in [6, 6.07) is 7.90. The molecule has 0 aliphatic carbocycles. The maximum absolute atomic E-state index is 12.2. The fraction of sp³-hybridized carbons (Fsp3) is 0.621. The number of hydrogen-bond donors (Lipinski definition) is 2. The summed E-state index contributed by atoms with van der Waals surface area (Å²) in [5.74, 6) is -3.60. The number of hydrogen-bond acceptors (Lipinski definition) is 14. The van der Waals surface area contributed by atoms with Crippen molar-refractivity contribution in [3.63, 3.8) is 0 Å². The third kappa shape index (κ3) is 9.69. The van der Waals surface area contributed by atoms with Gasteiger partial charge in [0.25, 0.3) is 0 Å². The van der Waals surface area contributed by atoms with Crippen molar-refractivity contribution in [2.75, 3.05) is 6.61 Å². The smallest absolute Gasteiger partial charge is 0.303 e. The number of benzene rings is 1. The van der Waals surface area contributed by atoms with Crippen LogP contribution in [-0.2, 0) is 68.5 Å². The summed E-state index contributed by atoms with van der Waals surface area (Å²) in [7, 11) is 0. The highest BCUT2D eigenvalue weighted by atomic mass is 16.7. The highest BCUT2D eigenvalue weighted by molar-refractivity contribution is 5.73. The highest BCUT2D eigenvalue weighted by Gasteiger charge is 2.55. The molecule has 2 fully saturated rings. The molecule has 0 aromatic heterocycles. The van der Waals surface area contributed by atoms with Crippen LogP contribution in [0.3, 0.4) is 0 Å². The van der Waals surface area contributed by atoms with Crippen molar-refractivity contribution in [2.45, 2.75) is 109 Å². The molecule has 2 saturated heterocycles. The topological polar surface area (TPSA) is 191 Å². The van der Waals surface area contributed by atoms with Gasteiger partial charge in [-0.3, -0.25) is 24.0 Å². The number of rotatable bonds is 11. The van der Waals surface area contributed by atoms with Gasteiger partial charge in [0, 0.05) is 34.6 Å². The van der Waals surface area contributed by atoms with Crippen LogP contribution in [0.25, 0.3) is 0 Å². The van der Waals surface area contributed by atoms with E-state index in [1.165, 1.54) is 13.8 Å². The van der Waals surface area contributed by atoms with Crippen molar-refractivity contribution in [1.29, 1.82) is 0 Å². The number of aliphatic hydroxyl groups excluding tert-OH is 1. The fourth-order valence-electron chi connectivity index (χ4n) is 5.04. The van der Waals surface area contributed by atoms with E-state index in [9.17, 15) is 29.1 Å². The van der Waals surface area contributed by atoms with Crippen molar-refractivity contribution >= 4 is 29.8 Å². The minimum atomic E-state index is -1.65. The third-order valence-corrected chi connectivity index (χ3v) is 6.66. The lowest BCUT2D eigenvalue weighted by molar-refractivity contribution is -0.344. The molecular formula is C29H39NO14. The molecule has 1 aromatic rings. The molecule has 1 amide bonds. The van der Waals surface area contributed by atoms with Gasteiger partial charge in [0.15, 0.2) is 37.0 Å². The molecule has 15 nitrogen and oxygen atoms in total. The second-order valence-electron chi connectivity index (χ2n) is 10.4. The molecule has 2 aliphatic heterocycles. The van der Waals surface area contributed by atoms with Crippen LogP contribution in [0.15, 0.2) is 30.3 Å². The number of aliphatic hydroxyl groups is 1. The molecule has 0 spiro atoms. The van der Waals surface area contributed by atoms with Crippen LogP contribution < -0.4 is 5.32 Å². The van der Waals surface area contributed by atoms with Crippen molar-refractivity contribution in [1.82, 2.24) is 5.32 Å². The first-order valence-corrected chi connectivity index (χ1v) is 14.0. The van der Waals surface area contributed by atoms with Gasteiger partial charge in [-0.2, -0.15) is 0 Å². The van der Waals surface area contributed by atoms with Crippen molar-refractivity contribution < 1.29 is 67.0 Å². The van der Waals surface area contributed by atoms with Gasteiger partial charge in [0.2, 0.25) is 5.91 Å². The number of amides is 1. The molecule has 10 atom stereocenters. The number of nitrogens with one attached hydrogen (secondary N) is 1. The zero-order valence-corrected chi connectivity index (χ0v) is 25.3. The SMILES string of the molecule is CC(=O)N[C@@H]1[C@@H](OC(C)=O)[C@H](O[C@H]2O[C@@H](C)[C@H](OC(C)=O)[C@@H](OC(C)=O)[C@H]2OC(C)=O)[C@@H](COCc2ccccc2)O[C@@H]1O. The van der Waals surface area contributed by atoms with E-state index in [2.05, 4.69) is 5.32 Å². The minimum Gasteiger partial charge on any atom is -0.457 e. The van der Waals surface area contributed by atoms with Crippen LogP contribution in [0.4, 0.5) is 0 Å². The lowest BCUT2D eigenvalue weighted by atomic mass is 9.95. The number of carbonyl (C=O) groups excluding carboxylic acids is 5. The summed E-state index contributed by atoms with van der Waals surface area (Å²) in [4.78, 5) is 60.4. The lowest BCUT2D eigenvalue weighted by Crippen LogP contribution is -2.68. The van der Waals surface area contributed by atoms with Crippen molar-refractivity contribution in [2.24, 2.45) is 0 Å². The molecular weight excluding hydrogens is 586 g/mol. The van der Waals surface area contributed by atoms with E-state index in [0.29, 0.717) is 0 Å². The molecule has 244 valence electrons. The second-order valence-corrected chi connectivity index (χ2v) is 10.4. The highest BCUT2D eigenvalue weighted by Crippen LogP contribution is 2.34. The molecule has 2 aliphatic rings. The first-order valence-electron chi connectivity index (χ1n) is 14.0. The minimum absolute atomic E-state index is 0.155. The van der Waals surface area contributed by atoms with Crippen molar-refractivity contribution in [3.05, 3.63) is 35.9 Å². The van der Waals surface area contributed by atoms with Gasteiger partial charge in [-0.15, -0.1) is 0 Å². The molecule has 2 heterocycles. The normalized spacial score (nSPS) is 31.7. The second kappa shape index (κ2) is 15.9. The maximum atomic E-state index is 12.2. The zero-order chi connectivity index (χ0) is 32.6. The molecule has 2 N–H and O–H groups in total. The van der Waals surface area contributed by atoms with Gasteiger partial charge in [0.05, 0.1) is 19.3 Å². The number of ether oxygens (including phenoxy) is 8. The van der Waals surface area contributed by atoms with E-state index in [-0.39, 0.29) is 13.2 Å². The van der Waals surface area contributed by atoms with Gasteiger partial charge in [-0.25, -0.2) is 0 Å². The summed E-state index contributed by atoms with van der Waals surface area (Å²) in [6.07, 6.45) is -11.9. The largest absolute Gasteiger partial charge is 0.457 e. The van der Waals surface area contributed by atoms with Gasteiger partial charge < -0.3 is 48.3 Å². The molecule has 15 heteroatoms. The Kier molecular flexibility index (Phi) is 12.6. The monoisotopic (exact) mass is 625 g/mol. The Morgan fingerprint density at radius 3 is 1.86 bits per heavy atom. The average molecular weight is 626 g/mol. The Balaban J connectivity index is 2.00. The first-order chi connectivity index (χ1) is 20.8. The average Bonchev–Trinajstić information content (AvgIpc) is 2.91. The van der Waals surface area contributed by atoms with Gasteiger partial charge in [0.1, 0.15) is 18.2 Å². The van der Waals surface area contributed by atoms with Crippen LogP contribution in [0.1, 0.15) is 47.1 Å². The summed E-state index contributed by atoms with van der Waals surface area (Å²) in [6.45, 7) is 7.20. The number of esters is 4. The Bertz CT molecular complexity index is 1160. The fourth-order valence-corrected chi connectivity index (χ4v) is 5.04. The summed E-state index contributed by atoms with van der Waals surface area (Å²) in [5, 5.41) is 13.3. The molecule has 0 unspecified atom stereocenters. The van der Waals surface area contributed by atoms with E-state index >= 15 is 0 Å². The van der Waals surface area contributed by atoms with Crippen LogP contribution in [0, 0.1) is 0 Å². The van der Waals surface area contributed by atoms with Crippen LogP contribution >= 0.6 is 0 Å². The van der Waals surface area contributed by atoms with Gasteiger partial charge in [-0.05, 0) is 12.5 Å². The quantitative estimate of drug-likeness (QED) is 0.252. The summed E-state index contributed by atoms with van der Waals surface area (Å²) in [5.41, 5.74) is 0.842. The Morgan fingerprint density at radius 2 is 1.30 bits per heavy atom. The molecule has 3 rings (SSSR count). The Labute approximate surface area is 254 Å². The molecule has 0 radical (unpaired) electrons. The van der Waals surface area contributed by atoms with Crippen molar-refractivity contribution in [3.8, 4) is 0 Å². The summed E-state index contributed by atoms with van der Waals surface area (Å²) >= 11 is 0. The maximum Gasteiger partial charge on any atom is 0.303 e. The Hall–Kier alpha value is -3.63. The van der Waals surface area contributed by atoms with E-state index in [1.807, 2.05) is 30.3 Å². The zero-order valence-electron chi connectivity index (χ0n) is 25.3. The van der Waals surface area contributed by atoms with E-state index < -0.39 is 91.1 Å². The molecule has 0 bridgehead atoms. The standard InChI is InChI=1S/C29H39NO14/c1-14-23(39-16(3)32)26(41-18(5)34)27(42-19(6)35)29(38-14)44-24-21(13-37-12-20-10-8-7-9-11-20)43-28(36)22(30-15(2)31)25(24)40-17(4)33/h7-11,14,21-29,36H,12-13H2,1-6H3,(H,30,31)/t14-,21+,22+,23-,24+,25+,26+,27+,28-,29+/m0/s1. The first kappa shape index (κ1) is 34.9. The van der Waals surface area contributed by atoms with E-state index in [4.69, 9.17) is 37.9 Å².